The van der Waals surface area contributed by atoms with Gasteiger partial charge in [0.25, 0.3) is 10.0 Å². The van der Waals surface area contributed by atoms with Crippen LogP contribution in [0.4, 0.5) is 0 Å². The van der Waals surface area contributed by atoms with Gasteiger partial charge < -0.3 is 10.1 Å². The fraction of sp³-hybridized carbons (Fsp3) is 0.286. The van der Waals surface area contributed by atoms with Gasteiger partial charge in [0, 0.05) is 12.0 Å². The van der Waals surface area contributed by atoms with E-state index < -0.39 is 22.0 Å². The highest BCUT2D eigenvalue weighted by Crippen LogP contribution is 2.22. The van der Waals surface area contributed by atoms with Crippen LogP contribution in [-0.2, 0) is 24.3 Å². The lowest BCUT2D eigenvalue weighted by molar-refractivity contribution is -0.141. The minimum Gasteiger partial charge on any atom is -0.469 e. The Hall–Kier alpha value is -3.20. The molecule has 0 aromatic heterocycles. The normalized spacial score (nSPS) is 16.4. The lowest BCUT2D eigenvalue weighted by atomic mass is 10.0. The Kier molecular flexibility index (Phi) is 6.51. The van der Waals surface area contributed by atoms with E-state index in [0.717, 1.165) is 11.1 Å². The highest BCUT2D eigenvalue weighted by Gasteiger charge is 2.30. The summed E-state index contributed by atoms with van der Waals surface area (Å²) in [5.74, 6) is -0.510. The van der Waals surface area contributed by atoms with E-state index in [1.165, 1.54) is 13.2 Å². The van der Waals surface area contributed by atoms with Crippen molar-refractivity contribution in [2.45, 2.75) is 30.7 Å². The monoisotopic (exact) mass is 429 g/mol. The molecule has 0 unspecified atom stereocenters. The van der Waals surface area contributed by atoms with Gasteiger partial charge in [0.1, 0.15) is 5.84 Å². The number of methoxy groups -OCH3 is 1. The average Bonchev–Trinajstić information content (AvgIpc) is 2.98. The van der Waals surface area contributed by atoms with Crippen LogP contribution < -0.4 is 10.0 Å². The first-order valence-corrected chi connectivity index (χ1v) is 10.9. The van der Waals surface area contributed by atoms with Crippen molar-refractivity contribution >= 4 is 27.7 Å². The first-order chi connectivity index (χ1) is 14.3. The molecule has 1 heterocycles. The molecular formula is C21H23N3O5S. The van der Waals surface area contributed by atoms with Crippen LogP contribution in [0.15, 0.2) is 58.4 Å². The van der Waals surface area contributed by atoms with Crippen LogP contribution in [0.5, 0.6) is 0 Å². The summed E-state index contributed by atoms with van der Waals surface area (Å²) in [6, 6.07) is 13.5. The smallest absolute Gasteiger partial charge is 0.307 e. The SMILES string of the molecule is COC(=O)C[C@@H](NC(=O)CCN=C1NS(=O)(=O)c2ccccc21)c1ccc(C)cc1. The number of aliphatic imine (C=N–C) groups is 1. The first kappa shape index (κ1) is 21.5. The predicted octanol–water partition coefficient (Wildman–Crippen LogP) is 1.84. The molecular weight excluding hydrogens is 406 g/mol. The van der Waals surface area contributed by atoms with E-state index in [4.69, 9.17) is 4.74 Å². The number of sulfonamides is 1. The fourth-order valence-electron chi connectivity index (χ4n) is 3.09. The van der Waals surface area contributed by atoms with Crippen molar-refractivity contribution in [3.63, 3.8) is 0 Å². The molecule has 1 aliphatic heterocycles. The Bertz CT molecular complexity index is 1080. The molecule has 2 N–H and O–H groups in total. The van der Waals surface area contributed by atoms with Crippen LogP contribution in [0, 0.1) is 6.92 Å². The Morgan fingerprint density at radius 3 is 2.53 bits per heavy atom. The second-order valence-corrected chi connectivity index (χ2v) is 8.54. The number of nitrogens with one attached hydrogen (secondary N) is 2. The molecule has 8 nitrogen and oxygen atoms in total. The third-order valence-corrected chi connectivity index (χ3v) is 6.08. The molecule has 1 atom stereocenters. The van der Waals surface area contributed by atoms with Crippen molar-refractivity contribution in [2.24, 2.45) is 4.99 Å². The quantitative estimate of drug-likeness (QED) is 0.652. The summed E-state index contributed by atoms with van der Waals surface area (Å²) in [6.45, 7) is 2.04. The van der Waals surface area contributed by atoms with Crippen LogP contribution in [0.3, 0.4) is 0 Å². The van der Waals surface area contributed by atoms with Crippen molar-refractivity contribution in [3.8, 4) is 0 Å². The molecule has 0 bridgehead atoms. The van der Waals surface area contributed by atoms with E-state index in [0.29, 0.717) is 5.56 Å². The number of nitrogens with zero attached hydrogens (tertiary/aromatic N) is 1. The summed E-state index contributed by atoms with van der Waals surface area (Å²) in [6.07, 6.45) is 0.0456. The van der Waals surface area contributed by atoms with Crippen molar-refractivity contribution in [1.82, 2.24) is 10.0 Å². The minimum absolute atomic E-state index is 0.00694. The van der Waals surface area contributed by atoms with E-state index in [1.54, 1.807) is 18.2 Å². The number of benzene rings is 2. The van der Waals surface area contributed by atoms with Crippen LogP contribution in [-0.4, -0.2) is 39.8 Å². The number of carbonyl (C=O) groups is 2. The number of rotatable bonds is 7. The molecule has 2 aromatic rings. The molecule has 0 spiro atoms. The van der Waals surface area contributed by atoms with Gasteiger partial charge >= 0.3 is 5.97 Å². The lowest BCUT2D eigenvalue weighted by Crippen LogP contribution is -2.31. The maximum absolute atomic E-state index is 12.4. The summed E-state index contributed by atoms with van der Waals surface area (Å²) in [4.78, 5) is 28.6. The maximum Gasteiger partial charge on any atom is 0.307 e. The summed E-state index contributed by atoms with van der Waals surface area (Å²) < 4.78 is 31.3. The minimum atomic E-state index is -3.61. The van der Waals surface area contributed by atoms with E-state index in [9.17, 15) is 18.0 Å². The third kappa shape index (κ3) is 5.04. The molecule has 2 aromatic carbocycles. The molecule has 0 saturated heterocycles. The number of hydrogen-bond donors (Lipinski definition) is 2. The Labute approximate surface area is 175 Å². The number of hydrogen-bond acceptors (Lipinski definition) is 6. The number of ether oxygens (including phenoxy) is 1. The summed E-state index contributed by atoms with van der Waals surface area (Å²) in [5.41, 5.74) is 2.35. The van der Waals surface area contributed by atoms with Crippen LogP contribution in [0.2, 0.25) is 0 Å². The number of fused-ring (bicyclic) bond motifs is 1. The van der Waals surface area contributed by atoms with E-state index in [-0.39, 0.29) is 36.0 Å². The lowest BCUT2D eigenvalue weighted by Gasteiger charge is -2.18. The Morgan fingerprint density at radius 2 is 1.83 bits per heavy atom. The van der Waals surface area contributed by atoms with Crippen molar-refractivity contribution in [3.05, 3.63) is 65.2 Å². The zero-order valence-corrected chi connectivity index (χ0v) is 17.5. The molecule has 158 valence electrons. The second-order valence-electron chi connectivity index (χ2n) is 6.89. The Morgan fingerprint density at radius 1 is 1.13 bits per heavy atom. The molecule has 0 aliphatic carbocycles. The number of amides is 1. The van der Waals surface area contributed by atoms with Gasteiger partial charge in [-0.2, -0.15) is 0 Å². The second kappa shape index (κ2) is 9.08. The van der Waals surface area contributed by atoms with Crippen molar-refractivity contribution in [1.29, 1.82) is 0 Å². The van der Waals surface area contributed by atoms with Gasteiger partial charge in [-0.15, -0.1) is 0 Å². The van der Waals surface area contributed by atoms with Gasteiger partial charge in [-0.05, 0) is 24.6 Å². The van der Waals surface area contributed by atoms with Gasteiger partial charge in [0.05, 0.1) is 31.0 Å². The molecule has 0 fully saturated rings. The zero-order valence-electron chi connectivity index (χ0n) is 16.7. The molecule has 1 aliphatic rings. The summed E-state index contributed by atoms with van der Waals surface area (Å²) in [5, 5.41) is 2.83. The summed E-state index contributed by atoms with van der Waals surface area (Å²) in [7, 11) is -2.31. The molecule has 3 rings (SSSR count). The third-order valence-electron chi connectivity index (χ3n) is 4.68. The number of amidine groups is 1. The van der Waals surface area contributed by atoms with Crippen molar-refractivity contribution in [2.75, 3.05) is 13.7 Å². The highest BCUT2D eigenvalue weighted by atomic mass is 32.2. The van der Waals surface area contributed by atoms with Gasteiger partial charge in [0.15, 0.2) is 0 Å². The van der Waals surface area contributed by atoms with E-state index in [2.05, 4.69) is 15.0 Å². The van der Waals surface area contributed by atoms with Gasteiger partial charge in [-0.25, -0.2) is 8.42 Å². The van der Waals surface area contributed by atoms with Crippen LogP contribution in [0.1, 0.15) is 35.6 Å². The Balaban J connectivity index is 1.65. The van der Waals surface area contributed by atoms with Crippen LogP contribution in [0.25, 0.3) is 0 Å². The van der Waals surface area contributed by atoms with E-state index in [1.807, 2.05) is 31.2 Å². The largest absolute Gasteiger partial charge is 0.469 e. The van der Waals surface area contributed by atoms with Crippen molar-refractivity contribution < 1.29 is 22.7 Å². The van der Waals surface area contributed by atoms with Gasteiger partial charge in [-0.3, -0.25) is 19.3 Å². The number of aryl methyl sites for hydroxylation is 1. The summed E-state index contributed by atoms with van der Waals surface area (Å²) >= 11 is 0. The molecule has 0 radical (unpaired) electrons. The molecule has 1 amide bonds. The number of esters is 1. The molecule has 30 heavy (non-hydrogen) atoms. The highest BCUT2D eigenvalue weighted by molar-refractivity contribution is 7.90. The van der Waals surface area contributed by atoms with Gasteiger partial charge in [0.2, 0.25) is 5.91 Å². The standard InChI is InChI=1S/C21H23N3O5S/c1-14-7-9-15(10-8-14)17(13-20(26)29-2)23-19(25)11-12-22-21-16-5-3-4-6-18(16)30(27,28)24-21/h3-10,17H,11-13H2,1-2H3,(H,22,24)(H,23,25)/t17-/m1/s1. The van der Waals surface area contributed by atoms with Crippen LogP contribution >= 0.6 is 0 Å². The van der Waals surface area contributed by atoms with Gasteiger partial charge in [-0.1, -0.05) is 42.0 Å². The fourth-order valence-corrected chi connectivity index (χ4v) is 4.34. The number of carbonyl (C=O) groups excluding carboxylic acids is 2. The zero-order chi connectivity index (χ0) is 21.7. The topological polar surface area (TPSA) is 114 Å². The maximum atomic E-state index is 12.4. The molecule has 9 heteroatoms. The average molecular weight is 429 g/mol. The predicted molar refractivity (Wildman–Crippen MR) is 111 cm³/mol. The van der Waals surface area contributed by atoms with E-state index >= 15 is 0 Å². The molecule has 0 saturated carbocycles. The first-order valence-electron chi connectivity index (χ1n) is 9.39.